The van der Waals surface area contributed by atoms with Gasteiger partial charge in [-0.2, -0.15) is 0 Å². The highest BCUT2D eigenvalue weighted by Gasteiger charge is 2.20. The summed E-state index contributed by atoms with van der Waals surface area (Å²) in [6, 6.07) is 6.27. The van der Waals surface area contributed by atoms with Crippen LogP contribution in [0.2, 0.25) is 5.02 Å². The molecule has 4 nitrogen and oxygen atoms in total. The normalized spacial score (nSPS) is 11.3. The number of nitrogen functional groups attached to an aromatic ring is 1. The van der Waals surface area contributed by atoms with Crippen LogP contribution in [0.1, 0.15) is 0 Å². The summed E-state index contributed by atoms with van der Waals surface area (Å²) in [6.45, 7) is 0. The van der Waals surface area contributed by atoms with E-state index < -0.39 is 26.6 Å². The maximum atomic E-state index is 13.5. The summed E-state index contributed by atoms with van der Waals surface area (Å²) in [4.78, 5) is -0.485. The molecule has 0 heterocycles. The van der Waals surface area contributed by atoms with Crippen LogP contribution in [0.4, 0.5) is 20.2 Å². The van der Waals surface area contributed by atoms with Crippen molar-refractivity contribution in [3.63, 3.8) is 0 Å². The third-order valence-corrected chi connectivity index (χ3v) is 4.26. The number of nitrogens with two attached hydrogens (primary N) is 1. The van der Waals surface area contributed by atoms with Crippen molar-refractivity contribution in [2.75, 3.05) is 10.5 Å². The summed E-state index contributed by atoms with van der Waals surface area (Å²) in [5, 5.41) is -0.178. The number of nitrogens with one attached hydrogen (secondary N) is 1. The second-order valence-electron chi connectivity index (χ2n) is 3.92. The first-order valence-corrected chi connectivity index (χ1v) is 7.18. The van der Waals surface area contributed by atoms with Gasteiger partial charge in [-0.25, -0.2) is 17.2 Å². The first-order chi connectivity index (χ1) is 9.29. The molecule has 8 heteroatoms. The summed E-state index contributed by atoms with van der Waals surface area (Å²) in [5.41, 5.74) is 5.28. The molecule has 0 bridgehead atoms. The van der Waals surface area contributed by atoms with Gasteiger partial charge < -0.3 is 5.73 Å². The van der Waals surface area contributed by atoms with Crippen molar-refractivity contribution in [3.8, 4) is 0 Å². The monoisotopic (exact) mass is 318 g/mol. The third kappa shape index (κ3) is 3.00. The van der Waals surface area contributed by atoms with Gasteiger partial charge in [-0.3, -0.25) is 4.72 Å². The van der Waals surface area contributed by atoms with Gasteiger partial charge in [0.15, 0.2) is 0 Å². The molecule has 0 aliphatic carbocycles. The van der Waals surface area contributed by atoms with Crippen molar-refractivity contribution in [1.29, 1.82) is 0 Å². The predicted octanol–water partition coefficient (Wildman–Crippen LogP) is 3.00. The van der Waals surface area contributed by atoms with Crippen molar-refractivity contribution in [3.05, 3.63) is 53.1 Å². The lowest BCUT2D eigenvalue weighted by molar-refractivity contribution is 0.593. The third-order valence-electron chi connectivity index (χ3n) is 2.42. The average Bonchev–Trinajstić information content (AvgIpc) is 2.36. The van der Waals surface area contributed by atoms with Crippen molar-refractivity contribution in [1.82, 2.24) is 0 Å². The van der Waals surface area contributed by atoms with E-state index in [9.17, 15) is 17.2 Å². The fourth-order valence-corrected chi connectivity index (χ4v) is 3.07. The van der Waals surface area contributed by atoms with Crippen molar-refractivity contribution < 1.29 is 17.2 Å². The zero-order chi connectivity index (χ0) is 14.9. The van der Waals surface area contributed by atoms with E-state index in [-0.39, 0.29) is 16.4 Å². The molecule has 0 saturated carbocycles. The van der Waals surface area contributed by atoms with Crippen molar-refractivity contribution in [2.45, 2.75) is 4.90 Å². The summed E-state index contributed by atoms with van der Waals surface area (Å²) in [5.74, 6) is -1.59. The van der Waals surface area contributed by atoms with Crippen LogP contribution in [0.15, 0.2) is 41.3 Å². The van der Waals surface area contributed by atoms with E-state index in [2.05, 4.69) is 0 Å². The van der Waals surface area contributed by atoms with Crippen molar-refractivity contribution >= 4 is 33.0 Å². The highest BCUT2D eigenvalue weighted by atomic mass is 35.5. The van der Waals surface area contributed by atoms with Crippen LogP contribution in [0.5, 0.6) is 0 Å². The van der Waals surface area contributed by atoms with E-state index in [0.29, 0.717) is 0 Å². The van der Waals surface area contributed by atoms with Gasteiger partial charge in [0.25, 0.3) is 10.0 Å². The number of rotatable bonds is 3. The number of hydrogen-bond acceptors (Lipinski definition) is 3. The quantitative estimate of drug-likeness (QED) is 0.854. The second kappa shape index (κ2) is 5.26. The zero-order valence-electron chi connectivity index (χ0n) is 9.90. The Morgan fingerprint density at radius 1 is 1.10 bits per heavy atom. The molecule has 2 rings (SSSR count). The molecule has 0 fully saturated rings. The van der Waals surface area contributed by atoms with Crippen LogP contribution < -0.4 is 10.5 Å². The molecule has 0 aliphatic rings. The molecule has 0 radical (unpaired) electrons. The highest BCUT2D eigenvalue weighted by molar-refractivity contribution is 7.92. The van der Waals surface area contributed by atoms with E-state index in [1.165, 1.54) is 6.07 Å². The van der Waals surface area contributed by atoms with E-state index in [1.54, 1.807) is 0 Å². The molecule has 20 heavy (non-hydrogen) atoms. The Morgan fingerprint density at radius 3 is 2.50 bits per heavy atom. The molecule has 0 saturated heterocycles. The summed E-state index contributed by atoms with van der Waals surface area (Å²) >= 11 is 5.71. The topological polar surface area (TPSA) is 72.2 Å². The maximum absolute atomic E-state index is 13.5. The number of sulfonamides is 1. The number of benzene rings is 2. The van der Waals surface area contributed by atoms with Crippen LogP contribution in [0.3, 0.4) is 0 Å². The molecule has 2 aromatic carbocycles. The van der Waals surface area contributed by atoms with Gasteiger partial charge in [0.1, 0.15) is 16.5 Å². The molecule has 3 N–H and O–H groups in total. The van der Waals surface area contributed by atoms with Gasteiger partial charge >= 0.3 is 0 Å². The summed E-state index contributed by atoms with van der Waals surface area (Å²) in [7, 11) is -4.22. The van der Waals surface area contributed by atoms with E-state index >= 15 is 0 Å². The molecular weight excluding hydrogens is 310 g/mol. The first-order valence-electron chi connectivity index (χ1n) is 5.32. The van der Waals surface area contributed by atoms with Gasteiger partial charge in [-0.05, 0) is 36.4 Å². The second-order valence-corrected chi connectivity index (χ2v) is 5.98. The summed E-state index contributed by atoms with van der Waals surface area (Å²) in [6.07, 6.45) is 0. The van der Waals surface area contributed by atoms with Crippen LogP contribution in [-0.4, -0.2) is 8.42 Å². The Labute approximate surface area is 119 Å². The van der Waals surface area contributed by atoms with Gasteiger partial charge in [-0.1, -0.05) is 11.6 Å². The maximum Gasteiger partial charge on any atom is 0.263 e. The molecule has 0 aromatic heterocycles. The fourth-order valence-electron chi connectivity index (χ4n) is 1.50. The highest BCUT2D eigenvalue weighted by Crippen LogP contribution is 2.26. The van der Waals surface area contributed by atoms with Gasteiger partial charge in [0.2, 0.25) is 0 Å². The smallest absolute Gasteiger partial charge is 0.263 e. The molecule has 0 aliphatic heterocycles. The van der Waals surface area contributed by atoms with Crippen LogP contribution in [0.25, 0.3) is 0 Å². The minimum atomic E-state index is -4.22. The Morgan fingerprint density at radius 2 is 1.80 bits per heavy atom. The molecule has 0 amide bonds. The Kier molecular flexibility index (Phi) is 3.82. The average molecular weight is 319 g/mol. The Hall–Kier alpha value is -1.86. The number of halogens is 3. The minimum absolute atomic E-state index is 0.175. The number of hydrogen-bond donors (Lipinski definition) is 2. The SMILES string of the molecule is Nc1ccc(F)c(NS(=O)(=O)c2cc(F)ccc2Cl)c1. The van der Waals surface area contributed by atoms with E-state index in [0.717, 1.165) is 30.3 Å². The number of anilines is 2. The lowest BCUT2D eigenvalue weighted by Gasteiger charge is -2.10. The van der Waals surface area contributed by atoms with Gasteiger partial charge in [-0.15, -0.1) is 0 Å². The van der Waals surface area contributed by atoms with E-state index in [1.807, 2.05) is 4.72 Å². The summed E-state index contributed by atoms with van der Waals surface area (Å²) < 4.78 is 52.7. The minimum Gasteiger partial charge on any atom is -0.399 e. The zero-order valence-corrected chi connectivity index (χ0v) is 11.5. The molecule has 0 unspecified atom stereocenters. The molecule has 2 aromatic rings. The molecule has 0 spiro atoms. The molecular formula is C12H9ClF2N2O2S. The van der Waals surface area contributed by atoms with Gasteiger partial charge in [0.05, 0.1) is 10.7 Å². The Balaban J connectivity index is 2.46. The first kappa shape index (κ1) is 14.5. The lowest BCUT2D eigenvalue weighted by atomic mass is 10.3. The Bertz CT molecular complexity index is 766. The standard InChI is InChI=1S/C12H9ClF2N2O2S/c13-9-3-1-7(14)5-12(9)20(18,19)17-11-6-8(16)2-4-10(11)15/h1-6,17H,16H2. The van der Waals surface area contributed by atoms with Crippen LogP contribution in [0, 0.1) is 11.6 Å². The predicted molar refractivity (Wildman–Crippen MR) is 73.0 cm³/mol. The fraction of sp³-hybridized carbons (Fsp3) is 0. The van der Waals surface area contributed by atoms with Crippen LogP contribution >= 0.6 is 11.6 Å². The largest absolute Gasteiger partial charge is 0.399 e. The van der Waals surface area contributed by atoms with E-state index in [4.69, 9.17) is 17.3 Å². The molecule has 106 valence electrons. The van der Waals surface area contributed by atoms with Gasteiger partial charge in [0, 0.05) is 5.69 Å². The van der Waals surface area contributed by atoms with Crippen LogP contribution in [-0.2, 0) is 10.0 Å². The van der Waals surface area contributed by atoms with Crippen molar-refractivity contribution in [2.24, 2.45) is 0 Å². The molecule has 0 atom stereocenters. The lowest BCUT2D eigenvalue weighted by Crippen LogP contribution is -2.15.